The van der Waals surface area contributed by atoms with Gasteiger partial charge < -0.3 is 10.1 Å². The molecular weight excluding hydrogens is 400 g/mol. The van der Waals surface area contributed by atoms with Gasteiger partial charge in [-0.15, -0.1) is 11.3 Å². The Bertz CT molecular complexity index is 1240. The van der Waals surface area contributed by atoms with Gasteiger partial charge in [0.1, 0.15) is 5.82 Å². The van der Waals surface area contributed by atoms with Crippen molar-refractivity contribution in [2.45, 2.75) is 46.3 Å². The van der Waals surface area contributed by atoms with Gasteiger partial charge in [-0.25, -0.2) is 8.78 Å². The molecular formula is C25H23F2NOS. The van der Waals surface area contributed by atoms with E-state index in [1.807, 2.05) is 12.1 Å². The summed E-state index contributed by atoms with van der Waals surface area (Å²) in [6.45, 7) is 10.5. The van der Waals surface area contributed by atoms with Crippen LogP contribution < -0.4 is 10.1 Å². The van der Waals surface area contributed by atoms with Gasteiger partial charge in [0.05, 0.1) is 10.4 Å². The fourth-order valence-electron chi connectivity index (χ4n) is 4.68. The molecule has 3 aromatic rings. The number of halogens is 2. The number of anilines is 1. The average Bonchev–Trinajstić information content (AvgIpc) is 2.98. The van der Waals surface area contributed by atoms with E-state index in [4.69, 9.17) is 4.74 Å². The monoisotopic (exact) mass is 423 g/mol. The van der Waals surface area contributed by atoms with Gasteiger partial charge in [-0.1, -0.05) is 12.1 Å². The van der Waals surface area contributed by atoms with E-state index in [1.54, 1.807) is 11.3 Å². The minimum Gasteiger partial charge on any atom is -0.476 e. The van der Waals surface area contributed by atoms with Crippen molar-refractivity contribution in [2.24, 2.45) is 0 Å². The number of rotatable bonds is 1. The first-order chi connectivity index (χ1) is 14.2. The van der Waals surface area contributed by atoms with Crippen molar-refractivity contribution in [3.8, 4) is 16.9 Å². The van der Waals surface area contributed by atoms with Gasteiger partial charge >= 0.3 is 0 Å². The normalized spacial score (nSPS) is 18.5. The second-order valence-electron chi connectivity index (χ2n) is 8.79. The number of nitrogens with one attached hydrogen (secondary N) is 1. The highest BCUT2D eigenvalue weighted by atomic mass is 32.1. The summed E-state index contributed by atoms with van der Waals surface area (Å²) < 4.78 is 35.2. The molecule has 0 spiro atoms. The van der Waals surface area contributed by atoms with E-state index in [1.165, 1.54) is 11.6 Å². The first kappa shape index (κ1) is 19.3. The Morgan fingerprint density at radius 3 is 2.53 bits per heavy atom. The molecule has 0 aliphatic carbocycles. The summed E-state index contributed by atoms with van der Waals surface area (Å²) in [4.78, 5) is 1.05. The van der Waals surface area contributed by atoms with Gasteiger partial charge in [-0.2, -0.15) is 0 Å². The number of hydrogen-bond acceptors (Lipinski definition) is 3. The maximum Gasteiger partial charge on any atom is 0.168 e. The molecule has 0 saturated heterocycles. The van der Waals surface area contributed by atoms with Crippen molar-refractivity contribution in [3.05, 3.63) is 74.5 Å². The van der Waals surface area contributed by atoms with Crippen LogP contribution in [0.2, 0.25) is 0 Å². The fraction of sp³-hybridized carbons (Fsp3) is 0.280. The molecule has 0 bridgehead atoms. The molecule has 1 unspecified atom stereocenters. The molecule has 5 rings (SSSR count). The zero-order valence-corrected chi connectivity index (χ0v) is 18.4. The topological polar surface area (TPSA) is 21.3 Å². The minimum absolute atomic E-state index is 0.116. The number of allylic oxidation sites excluding steroid dienone is 1. The van der Waals surface area contributed by atoms with Crippen molar-refractivity contribution in [1.82, 2.24) is 0 Å². The summed E-state index contributed by atoms with van der Waals surface area (Å²) in [6, 6.07) is 6.22. The summed E-state index contributed by atoms with van der Waals surface area (Å²) in [5.74, 6) is -1.16. The van der Waals surface area contributed by atoms with Crippen LogP contribution in [0, 0.1) is 25.5 Å². The van der Waals surface area contributed by atoms with E-state index in [-0.39, 0.29) is 11.3 Å². The van der Waals surface area contributed by atoms with Gasteiger partial charge in [0, 0.05) is 28.4 Å². The summed E-state index contributed by atoms with van der Waals surface area (Å²) in [5.41, 5.74) is 7.59. The Hall–Kier alpha value is -2.66. The minimum atomic E-state index is -0.671. The maximum atomic E-state index is 14.8. The predicted molar refractivity (Wildman–Crippen MR) is 119 cm³/mol. The molecule has 2 aliphatic heterocycles. The highest BCUT2D eigenvalue weighted by Crippen LogP contribution is 2.52. The predicted octanol–water partition coefficient (Wildman–Crippen LogP) is 7.40. The molecule has 0 amide bonds. The zero-order chi connectivity index (χ0) is 21.4. The van der Waals surface area contributed by atoms with Crippen LogP contribution in [-0.4, -0.2) is 5.54 Å². The van der Waals surface area contributed by atoms with Crippen LogP contribution in [0.4, 0.5) is 14.5 Å². The third kappa shape index (κ3) is 2.79. The maximum absolute atomic E-state index is 14.8. The number of aryl methyl sites for hydroxylation is 1. The lowest BCUT2D eigenvalue weighted by molar-refractivity contribution is 0.234. The van der Waals surface area contributed by atoms with Crippen molar-refractivity contribution in [2.75, 3.05) is 5.32 Å². The number of thiophene rings is 1. The second-order valence-corrected chi connectivity index (χ2v) is 9.70. The molecule has 2 nitrogen and oxygen atoms in total. The SMILES string of the molecule is CC1=CC(C)(C)Nc2ccc3c(c21)C(c1scc(C)c1C)Oc1c(F)cc(F)cc1-3. The van der Waals surface area contributed by atoms with Crippen LogP contribution in [-0.2, 0) is 0 Å². The molecule has 1 N–H and O–H groups in total. The van der Waals surface area contributed by atoms with E-state index in [2.05, 4.69) is 51.4 Å². The number of benzene rings is 2. The average molecular weight is 424 g/mol. The first-order valence-electron chi connectivity index (χ1n) is 10.0. The highest BCUT2D eigenvalue weighted by Gasteiger charge is 2.37. The van der Waals surface area contributed by atoms with E-state index < -0.39 is 17.7 Å². The molecule has 5 heteroatoms. The molecule has 30 heavy (non-hydrogen) atoms. The third-order valence-electron chi connectivity index (χ3n) is 6.03. The van der Waals surface area contributed by atoms with Crippen molar-refractivity contribution >= 4 is 22.6 Å². The summed E-state index contributed by atoms with van der Waals surface area (Å²) in [7, 11) is 0. The largest absolute Gasteiger partial charge is 0.476 e. The first-order valence-corrected chi connectivity index (χ1v) is 10.9. The van der Waals surface area contributed by atoms with E-state index in [0.29, 0.717) is 5.56 Å². The lowest BCUT2D eigenvalue weighted by atomic mass is 9.81. The summed E-state index contributed by atoms with van der Waals surface area (Å²) in [5, 5.41) is 5.68. The molecule has 3 heterocycles. The zero-order valence-electron chi connectivity index (χ0n) is 17.6. The van der Waals surface area contributed by atoms with Crippen LogP contribution in [0.15, 0.2) is 35.7 Å². The van der Waals surface area contributed by atoms with Gasteiger partial charge in [0.25, 0.3) is 0 Å². The highest BCUT2D eigenvalue weighted by molar-refractivity contribution is 7.10. The van der Waals surface area contributed by atoms with Crippen LogP contribution >= 0.6 is 11.3 Å². The fourth-order valence-corrected chi connectivity index (χ4v) is 5.78. The number of ether oxygens (including phenoxy) is 1. The summed E-state index contributed by atoms with van der Waals surface area (Å²) >= 11 is 1.62. The number of fused-ring (bicyclic) bond motifs is 5. The third-order valence-corrected chi connectivity index (χ3v) is 7.28. The van der Waals surface area contributed by atoms with Gasteiger partial charge in [0.15, 0.2) is 17.7 Å². The quantitative estimate of drug-likeness (QED) is 0.440. The van der Waals surface area contributed by atoms with Crippen LogP contribution in [0.3, 0.4) is 0 Å². The van der Waals surface area contributed by atoms with Gasteiger partial charge in [-0.3, -0.25) is 0 Å². The van der Waals surface area contributed by atoms with Crippen LogP contribution in [0.1, 0.15) is 54.0 Å². The van der Waals surface area contributed by atoms with Crippen molar-refractivity contribution < 1.29 is 13.5 Å². The second kappa shape index (κ2) is 6.42. The molecule has 0 fully saturated rings. The molecule has 0 radical (unpaired) electrons. The molecule has 2 aromatic carbocycles. The lowest BCUT2D eigenvalue weighted by Gasteiger charge is -2.37. The Labute approximate surface area is 179 Å². The summed E-state index contributed by atoms with van der Waals surface area (Å²) in [6.07, 6.45) is 1.74. The Morgan fingerprint density at radius 2 is 1.83 bits per heavy atom. The van der Waals surface area contributed by atoms with E-state index in [9.17, 15) is 8.78 Å². The molecule has 1 aromatic heterocycles. The Morgan fingerprint density at radius 1 is 1.07 bits per heavy atom. The standard InChI is InChI=1S/C25H23F2NOS/c1-12-10-25(4,5)28-19-7-6-16-17-8-15(26)9-18(27)22(17)29-23(21(16)20(12)19)24-14(3)13(2)11-30-24/h6-11,23,28H,1-5H3. The Kier molecular flexibility index (Phi) is 4.13. The molecule has 1 atom stereocenters. The smallest absolute Gasteiger partial charge is 0.168 e. The van der Waals surface area contributed by atoms with Crippen molar-refractivity contribution in [1.29, 1.82) is 0 Å². The lowest BCUT2D eigenvalue weighted by Crippen LogP contribution is -2.32. The van der Waals surface area contributed by atoms with Gasteiger partial charge in [-0.05, 0) is 74.4 Å². The van der Waals surface area contributed by atoms with Crippen LogP contribution in [0.25, 0.3) is 16.7 Å². The van der Waals surface area contributed by atoms with E-state index in [0.717, 1.165) is 44.5 Å². The van der Waals surface area contributed by atoms with E-state index >= 15 is 0 Å². The molecule has 2 aliphatic rings. The molecule has 154 valence electrons. The molecule has 0 saturated carbocycles. The van der Waals surface area contributed by atoms with Crippen LogP contribution in [0.5, 0.6) is 5.75 Å². The Balaban J connectivity index is 1.85. The van der Waals surface area contributed by atoms with Gasteiger partial charge in [0.2, 0.25) is 0 Å². The van der Waals surface area contributed by atoms with Crippen molar-refractivity contribution in [3.63, 3.8) is 0 Å². The number of hydrogen-bond donors (Lipinski definition) is 1.